The zero-order valence-corrected chi connectivity index (χ0v) is 16.0. The number of nitrogens with one attached hydrogen (secondary N) is 2. The number of carbonyl (C=O) groups is 1. The van der Waals surface area contributed by atoms with Crippen LogP contribution in [0.1, 0.15) is 66.3 Å². The summed E-state index contributed by atoms with van der Waals surface area (Å²) >= 11 is 1.67. The highest BCUT2D eigenvalue weighted by molar-refractivity contribution is 8.14. The SMILES string of the molecule is CCOC(=O)c1c(C)[nH]c(C2=NNC(=NC3CCCCC3)SC2)c1C. The van der Waals surface area contributed by atoms with Crippen molar-refractivity contribution in [3.63, 3.8) is 0 Å². The lowest BCUT2D eigenvalue weighted by Gasteiger charge is -2.20. The highest BCUT2D eigenvalue weighted by Crippen LogP contribution is 2.24. The summed E-state index contributed by atoms with van der Waals surface area (Å²) in [6.07, 6.45) is 6.25. The van der Waals surface area contributed by atoms with Crippen molar-refractivity contribution in [2.24, 2.45) is 10.1 Å². The van der Waals surface area contributed by atoms with Crippen molar-refractivity contribution >= 4 is 28.6 Å². The first-order valence-corrected chi connectivity index (χ1v) is 9.98. The zero-order chi connectivity index (χ0) is 17.8. The number of aromatic nitrogens is 1. The van der Waals surface area contributed by atoms with Crippen molar-refractivity contribution in [3.8, 4) is 0 Å². The van der Waals surface area contributed by atoms with Gasteiger partial charge in [-0.15, -0.1) is 0 Å². The van der Waals surface area contributed by atoms with Crippen LogP contribution in [0.2, 0.25) is 0 Å². The third-order valence-electron chi connectivity index (χ3n) is 4.71. The number of carbonyl (C=O) groups excluding carboxylic acids is 1. The Morgan fingerprint density at radius 1 is 1.32 bits per heavy atom. The Labute approximate surface area is 152 Å². The molecule has 1 aliphatic heterocycles. The molecule has 3 rings (SSSR count). The number of esters is 1. The molecule has 0 saturated heterocycles. The lowest BCUT2D eigenvalue weighted by molar-refractivity contribution is 0.0525. The summed E-state index contributed by atoms with van der Waals surface area (Å²) in [6.45, 7) is 6.01. The number of H-pyrrole nitrogens is 1. The average Bonchev–Trinajstić information content (AvgIpc) is 2.91. The van der Waals surface area contributed by atoms with Gasteiger partial charge in [0, 0.05) is 11.4 Å². The van der Waals surface area contributed by atoms with Crippen LogP contribution < -0.4 is 5.43 Å². The molecule has 0 atom stereocenters. The van der Waals surface area contributed by atoms with Crippen molar-refractivity contribution < 1.29 is 9.53 Å². The monoisotopic (exact) mass is 362 g/mol. The minimum Gasteiger partial charge on any atom is -0.462 e. The molecule has 0 radical (unpaired) electrons. The third kappa shape index (κ3) is 4.08. The molecule has 0 spiro atoms. The number of aryl methyl sites for hydroxylation is 1. The molecular formula is C18H26N4O2S. The van der Waals surface area contributed by atoms with Gasteiger partial charge in [0.2, 0.25) is 0 Å². The van der Waals surface area contributed by atoms with E-state index in [2.05, 4.69) is 15.5 Å². The van der Waals surface area contributed by atoms with Crippen molar-refractivity contribution in [1.29, 1.82) is 0 Å². The Morgan fingerprint density at radius 3 is 2.72 bits per heavy atom. The highest BCUT2D eigenvalue weighted by atomic mass is 32.2. The summed E-state index contributed by atoms with van der Waals surface area (Å²) in [5.41, 5.74) is 7.23. The number of hydrazone groups is 1. The number of hydrogen-bond donors (Lipinski definition) is 2. The molecule has 1 saturated carbocycles. The quantitative estimate of drug-likeness (QED) is 0.803. The maximum atomic E-state index is 12.1. The van der Waals surface area contributed by atoms with Crippen LogP contribution >= 0.6 is 11.8 Å². The third-order valence-corrected chi connectivity index (χ3v) is 5.60. The van der Waals surface area contributed by atoms with Gasteiger partial charge in [0.05, 0.1) is 29.6 Å². The maximum Gasteiger partial charge on any atom is 0.340 e. The van der Waals surface area contributed by atoms with E-state index < -0.39 is 0 Å². The first-order chi connectivity index (χ1) is 12.1. The van der Waals surface area contributed by atoms with E-state index >= 15 is 0 Å². The molecule has 2 heterocycles. The molecule has 0 amide bonds. The Hall–Kier alpha value is -1.76. The van der Waals surface area contributed by atoms with Gasteiger partial charge in [0.1, 0.15) is 0 Å². The topological polar surface area (TPSA) is 78.8 Å². The number of rotatable bonds is 4. The largest absolute Gasteiger partial charge is 0.462 e. The van der Waals surface area contributed by atoms with E-state index in [1.807, 2.05) is 20.8 Å². The number of aliphatic imine (C=N–C) groups is 1. The van der Waals surface area contributed by atoms with Crippen molar-refractivity contribution in [2.45, 2.75) is 58.9 Å². The number of thioether (sulfide) groups is 1. The number of amidine groups is 1. The van der Waals surface area contributed by atoms with E-state index in [1.54, 1.807) is 11.8 Å². The molecule has 0 unspecified atom stereocenters. The molecule has 0 bridgehead atoms. The predicted molar refractivity (Wildman–Crippen MR) is 103 cm³/mol. The van der Waals surface area contributed by atoms with Gasteiger partial charge in [0.25, 0.3) is 0 Å². The average molecular weight is 362 g/mol. The van der Waals surface area contributed by atoms with Gasteiger partial charge in [-0.3, -0.25) is 10.4 Å². The first-order valence-electron chi connectivity index (χ1n) is 9.00. The molecule has 1 aromatic heterocycles. The van der Waals surface area contributed by atoms with Gasteiger partial charge in [-0.05, 0) is 39.2 Å². The smallest absolute Gasteiger partial charge is 0.340 e. The van der Waals surface area contributed by atoms with Crippen LogP contribution in [0.15, 0.2) is 10.1 Å². The molecule has 2 N–H and O–H groups in total. The van der Waals surface area contributed by atoms with E-state index in [0.29, 0.717) is 18.2 Å². The second kappa shape index (κ2) is 8.08. The first kappa shape index (κ1) is 18.0. The maximum absolute atomic E-state index is 12.1. The standard InChI is InChI=1S/C18H26N4O2S/c1-4-24-17(23)15-11(2)16(19-12(15)3)14-10-25-18(22-21-14)20-13-8-6-5-7-9-13/h13,19H,4-10H2,1-3H3,(H,20,22). The van der Waals surface area contributed by atoms with E-state index in [9.17, 15) is 4.79 Å². The summed E-state index contributed by atoms with van der Waals surface area (Å²) < 4.78 is 5.15. The van der Waals surface area contributed by atoms with Crippen molar-refractivity contribution in [2.75, 3.05) is 12.4 Å². The van der Waals surface area contributed by atoms with Crippen molar-refractivity contribution in [1.82, 2.24) is 10.4 Å². The van der Waals surface area contributed by atoms with Gasteiger partial charge >= 0.3 is 5.97 Å². The second-order valence-corrected chi connectivity index (χ2v) is 7.49. The van der Waals surface area contributed by atoms with Gasteiger partial charge in [-0.25, -0.2) is 4.79 Å². The lowest BCUT2D eigenvalue weighted by Crippen LogP contribution is -2.27. The van der Waals surface area contributed by atoms with Crippen LogP contribution in [0.5, 0.6) is 0 Å². The van der Waals surface area contributed by atoms with Crippen LogP contribution in [-0.4, -0.2) is 40.2 Å². The van der Waals surface area contributed by atoms with Crippen LogP contribution in [0.3, 0.4) is 0 Å². The molecule has 1 aliphatic carbocycles. The number of nitrogens with zero attached hydrogens (tertiary/aromatic N) is 2. The van der Waals surface area contributed by atoms with Crippen molar-refractivity contribution in [3.05, 3.63) is 22.5 Å². The summed E-state index contributed by atoms with van der Waals surface area (Å²) in [5, 5.41) is 5.40. The summed E-state index contributed by atoms with van der Waals surface area (Å²) in [5.74, 6) is 0.457. The number of aromatic amines is 1. The minimum atomic E-state index is -0.281. The van der Waals surface area contributed by atoms with E-state index in [4.69, 9.17) is 9.73 Å². The predicted octanol–water partition coefficient (Wildman–Crippen LogP) is 3.54. The number of hydrogen-bond acceptors (Lipinski definition) is 5. The minimum absolute atomic E-state index is 0.281. The fourth-order valence-corrected chi connectivity index (χ4v) is 4.25. The zero-order valence-electron chi connectivity index (χ0n) is 15.1. The molecule has 2 aliphatic rings. The fraction of sp³-hybridized carbons (Fsp3) is 0.611. The molecule has 1 aromatic rings. The van der Waals surface area contributed by atoms with Gasteiger partial charge in [0.15, 0.2) is 5.17 Å². The van der Waals surface area contributed by atoms with E-state index in [1.165, 1.54) is 32.1 Å². The number of ether oxygens (including phenoxy) is 1. The summed E-state index contributed by atoms with van der Waals surface area (Å²) in [4.78, 5) is 20.2. The van der Waals surface area contributed by atoms with Crippen LogP contribution in [0, 0.1) is 13.8 Å². The van der Waals surface area contributed by atoms with Gasteiger partial charge in [-0.2, -0.15) is 5.10 Å². The molecule has 136 valence electrons. The lowest BCUT2D eigenvalue weighted by atomic mass is 9.96. The van der Waals surface area contributed by atoms with E-state index in [0.717, 1.165) is 33.6 Å². The van der Waals surface area contributed by atoms with Crippen LogP contribution in [0.25, 0.3) is 0 Å². The Balaban J connectivity index is 1.74. The summed E-state index contributed by atoms with van der Waals surface area (Å²) in [6, 6.07) is 0.436. The Morgan fingerprint density at radius 2 is 2.08 bits per heavy atom. The van der Waals surface area contributed by atoms with Gasteiger partial charge in [-0.1, -0.05) is 31.0 Å². The molecule has 6 nitrogen and oxygen atoms in total. The van der Waals surface area contributed by atoms with Crippen LogP contribution in [-0.2, 0) is 4.74 Å². The molecule has 1 fully saturated rings. The fourth-order valence-electron chi connectivity index (χ4n) is 3.43. The summed E-state index contributed by atoms with van der Waals surface area (Å²) in [7, 11) is 0. The Bertz CT molecular complexity index is 702. The Kier molecular flexibility index (Phi) is 5.83. The molecule has 7 heteroatoms. The highest BCUT2D eigenvalue weighted by Gasteiger charge is 2.24. The van der Waals surface area contributed by atoms with Gasteiger partial charge < -0.3 is 9.72 Å². The molecule has 25 heavy (non-hydrogen) atoms. The van der Waals surface area contributed by atoms with Crippen LogP contribution in [0.4, 0.5) is 0 Å². The molecular weight excluding hydrogens is 336 g/mol. The van der Waals surface area contributed by atoms with E-state index in [-0.39, 0.29) is 5.97 Å². The normalized spacial score (nSPS) is 20.3. The second-order valence-electron chi connectivity index (χ2n) is 6.53. The molecule has 0 aromatic carbocycles.